The minimum atomic E-state index is -1.21. The number of carbonyl (C=O) groups excluding carboxylic acids is 1. The van der Waals surface area contributed by atoms with Gasteiger partial charge < -0.3 is 15.2 Å². The first-order valence-corrected chi connectivity index (χ1v) is 8.15. The monoisotopic (exact) mass is 311 g/mol. The Hall–Kier alpha value is -1.40. The molecule has 116 valence electrons. The first-order valence-electron chi connectivity index (χ1n) is 7.27. The van der Waals surface area contributed by atoms with Crippen LogP contribution in [0.5, 0.6) is 0 Å². The number of hydrogen-bond acceptors (Lipinski definition) is 4. The van der Waals surface area contributed by atoms with E-state index in [1.54, 1.807) is 11.3 Å². The first kappa shape index (κ1) is 16.0. The van der Waals surface area contributed by atoms with E-state index in [-0.39, 0.29) is 12.5 Å². The Morgan fingerprint density at radius 3 is 2.86 bits per heavy atom. The van der Waals surface area contributed by atoms with Gasteiger partial charge in [0.25, 0.3) is 0 Å². The smallest absolute Gasteiger partial charge is 0.331 e. The van der Waals surface area contributed by atoms with Crippen molar-refractivity contribution in [2.24, 2.45) is 0 Å². The van der Waals surface area contributed by atoms with Crippen LogP contribution >= 0.6 is 11.3 Å². The molecule has 1 aliphatic rings. The van der Waals surface area contributed by atoms with Crippen LogP contribution in [0, 0.1) is 0 Å². The molecular formula is C15H21NO4S. The maximum absolute atomic E-state index is 11.9. The molecule has 0 aromatic carbocycles. The van der Waals surface area contributed by atoms with Crippen LogP contribution in [-0.2, 0) is 20.7 Å². The fourth-order valence-electron chi connectivity index (χ4n) is 2.43. The third kappa shape index (κ3) is 4.54. The second kappa shape index (κ2) is 7.56. The van der Waals surface area contributed by atoms with Crippen LogP contribution in [0.4, 0.5) is 0 Å². The zero-order valence-electron chi connectivity index (χ0n) is 12.0. The maximum atomic E-state index is 11.9. The second-order valence-corrected chi connectivity index (χ2v) is 6.41. The summed E-state index contributed by atoms with van der Waals surface area (Å²) in [6, 6.07) is 4.16. The van der Waals surface area contributed by atoms with E-state index in [4.69, 9.17) is 4.74 Å². The van der Waals surface area contributed by atoms with E-state index in [1.165, 1.54) is 4.88 Å². The molecule has 1 unspecified atom stereocenters. The van der Waals surface area contributed by atoms with Gasteiger partial charge in [-0.2, -0.15) is 0 Å². The number of thiophene rings is 1. The van der Waals surface area contributed by atoms with Crippen LogP contribution < -0.4 is 5.32 Å². The lowest BCUT2D eigenvalue weighted by Crippen LogP contribution is -2.55. The molecule has 0 spiro atoms. The molecule has 1 amide bonds. The summed E-state index contributed by atoms with van der Waals surface area (Å²) < 4.78 is 5.11. The predicted molar refractivity (Wildman–Crippen MR) is 80.4 cm³/mol. The highest BCUT2D eigenvalue weighted by molar-refractivity contribution is 7.09. The molecule has 2 heterocycles. The normalized spacial score (nSPS) is 21.3. The zero-order valence-corrected chi connectivity index (χ0v) is 12.8. The van der Waals surface area contributed by atoms with E-state index in [1.807, 2.05) is 6.07 Å². The number of ether oxygens (including phenoxy) is 1. The van der Waals surface area contributed by atoms with Gasteiger partial charge in [0.05, 0.1) is 6.61 Å². The highest BCUT2D eigenvalue weighted by atomic mass is 32.1. The Kier molecular flexibility index (Phi) is 5.76. The van der Waals surface area contributed by atoms with Crippen LogP contribution in [0.15, 0.2) is 17.5 Å². The summed E-state index contributed by atoms with van der Waals surface area (Å²) in [5, 5.41) is 13.9. The summed E-state index contributed by atoms with van der Waals surface area (Å²) >= 11 is 1.75. The van der Waals surface area contributed by atoms with Gasteiger partial charge in [-0.15, -0.1) is 11.3 Å². The molecule has 1 aromatic heterocycles. The number of rotatable bonds is 8. The molecule has 0 radical (unpaired) electrons. The minimum absolute atomic E-state index is 0.0620. The number of carboxylic acid groups (broad SMARTS) is 1. The standard InChI is InChI=1S/C15H21NO4S/c17-13(16-15(14(18)19)8-9-20-11-15)7-3-1-2-5-12-6-4-10-21-12/h4,6,10H,1-3,5,7-9,11H2,(H,16,17)(H,18,19). The van der Waals surface area contributed by atoms with E-state index >= 15 is 0 Å². The van der Waals surface area contributed by atoms with Crippen molar-refractivity contribution >= 4 is 23.2 Å². The van der Waals surface area contributed by atoms with E-state index in [0.717, 1.165) is 25.7 Å². The summed E-state index contributed by atoms with van der Waals surface area (Å²) in [5.41, 5.74) is -1.21. The SMILES string of the molecule is O=C(CCCCCc1cccs1)NC1(C(=O)O)CCOC1. The lowest BCUT2D eigenvalue weighted by molar-refractivity contribution is -0.147. The molecule has 1 aliphatic heterocycles. The predicted octanol–water partition coefficient (Wildman–Crippen LogP) is 2.21. The molecule has 1 atom stereocenters. The lowest BCUT2D eigenvalue weighted by atomic mass is 9.98. The average molecular weight is 311 g/mol. The summed E-state index contributed by atoms with van der Waals surface area (Å²) in [5.74, 6) is -1.20. The Bertz CT molecular complexity index is 466. The lowest BCUT2D eigenvalue weighted by Gasteiger charge is -2.23. The van der Waals surface area contributed by atoms with Crippen molar-refractivity contribution in [3.8, 4) is 0 Å². The molecule has 5 nitrogen and oxygen atoms in total. The molecule has 0 saturated carbocycles. The maximum Gasteiger partial charge on any atom is 0.331 e. The molecular weight excluding hydrogens is 290 g/mol. The Labute approximate surface area is 128 Å². The summed E-state index contributed by atoms with van der Waals surface area (Å²) in [4.78, 5) is 24.5. The van der Waals surface area contributed by atoms with E-state index in [9.17, 15) is 14.7 Å². The number of nitrogens with one attached hydrogen (secondary N) is 1. The fourth-order valence-corrected chi connectivity index (χ4v) is 3.18. The molecule has 0 bridgehead atoms. The average Bonchev–Trinajstić information content (AvgIpc) is 3.10. The van der Waals surface area contributed by atoms with Crippen LogP contribution in [0.3, 0.4) is 0 Å². The summed E-state index contributed by atoms with van der Waals surface area (Å²) in [7, 11) is 0. The van der Waals surface area contributed by atoms with Crippen molar-refractivity contribution in [1.82, 2.24) is 5.32 Å². The van der Waals surface area contributed by atoms with Crippen LogP contribution in [0.2, 0.25) is 0 Å². The minimum Gasteiger partial charge on any atom is -0.479 e. The molecule has 21 heavy (non-hydrogen) atoms. The Morgan fingerprint density at radius 1 is 1.38 bits per heavy atom. The molecule has 2 N–H and O–H groups in total. The van der Waals surface area contributed by atoms with Gasteiger partial charge in [-0.1, -0.05) is 12.5 Å². The van der Waals surface area contributed by atoms with Crippen LogP contribution in [0.1, 0.15) is 37.0 Å². The van der Waals surface area contributed by atoms with Gasteiger partial charge in [0.2, 0.25) is 5.91 Å². The van der Waals surface area contributed by atoms with Crippen LogP contribution in [0.25, 0.3) is 0 Å². The number of aryl methyl sites for hydroxylation is 1. The highest BCUT2D eigenvalue weighted by Gasteiger charge is 2.43. The van der Waals surface area contributed by atoms with Crippen molar-refractivity contribution in [3.63, 3.8) is 0 Å². The third-order valence-corrected chi connectivity index (χ3v) is 4.65. The summed E-state index contributed by atoms with van der Waals surface area (Å²) in [6.45, 7) is 0.444. The number of carboxylic acids is 1. The molecule has 1 saturated heterocycles. The van der Waals surface area contributed by atoms with Gasteiger partial charge in [-0.05, 0) is 30.7 Å². The van der Waals surface area contributed by atoms with Crippen molar-refractivity contribution in [1.29, 1.82) is 0 Å². The van der Waals surface area contributed by atoms with Gasteiger partial charge in [-0.25, -0.2) is 4.79 Å². The topological polar surface area (TPSA) is 75.6 Å². The van der Waals surface area contributed by atoms with Gasteiger partial charge in [0, 0.05) is 24.3 Å². The third-order valence-electron chi connectivity index (χ3n) is 3.72. The van der Waals surface area contributed by atoms with Crippen LogP contribution in [-0.4, -0.2) is 35.7 Å². The van der Waals surface area contributed by atoms with Gasteiger partial charge in [0.1, 0.15) is 0 Å². The molecule has 1 aromatic rings. The molecule has 2 rings (SSSR count). The van der Waals surface area contributed by atoms with Crippen molar-refractivity contribution in [2.75, 3.05) is 13.2 Å². The molecule has 1 fully saturated rings. The van der Waals surface area contributed by atoms with Crippen molar-refractivity contribution < 1.29 is 19.4 Å². The molecule has 0 aliphatic carbocycles. The fraction of sp³-hybridized carbons (Fsp3) is 0.600. The molecule has 6 heteroatoms. The van der Waals surface area contributed by atoms with Gasteiger partial charge in [-0.3, -0.25) is 4.79 Å². The number of carbonyl (C=O) groups is 2. The van der Waals surface area contributed by atoms with Crippen molar-refractivity contribution in [2.45, 2.75) is 44.1 Å². The first-order chi connectivity index (χ1) is 10.1. The Balaban J connectivity index is 1.64. The van der Waals surface area contributed by atoms with E-state index in [0.29, 0.717) is 19.4 Å². The quantitative estimate of drug-likeness (QED) is 0.722. The van der Waals surface area contributed by atoms with Gasteiger partial charge in [0.15, 0.2) is 5.54 Å². The van der Waals surface area contributed by atoms with E-state index in [2.05, 4.69) is 16.8 Å². The van der Waals surface area contributed by atoms with Crippen molar-refractivity contribution in [3.05, 3.63) is 22.4 Å². The number of amides is 1. The number of unbranched alkanes of at least 4 members (excludes halogenated alkanes) is 2. The number of hydrogen-bond donors (Lipinski definition) is 2. The zero-order chi connectivity index (χ0) is 15.1. The summed E-state index contributed by atoms with van der Waals surface area (Å²) in [6.07, 6.45) is 4.58. The second-order valence-electron chi connectivity index (χ2n) is 5.38. The van der Waals surface area contributed by atoms with Gasteiger partial charge >= 0.3 is 5.97 Å². The number of aliphatic carboxylic acids is 1. The largest absolute Gasteiger partial charge is 0.479 e. The van der Waals surface area contributed by atoms with E-state index < -0.39 is 11.5 Å². The Morgan fingerprint density at radius 2 is 2.24 bits per heavy atom. The highest BCUT2D eigenvalue weighted by Crippen LogP contribution is 2.19.